The molecule has 3 rings (SSSR count). The molecule has 2 nitrogen and oxygen atoms in total. The Bertz CT molecular complexity index is 829. The van der Waals surface area contributed by atoms with E-state index in [9.17, 15) is 8.78 Å². The van der Waals surface area contributed by atoms with E-state index in [1.807, 2.05) is 25.1 Å². The molecule has 1 unspecified atom stereocenters. The Kier molecular flexibility index (Phi) is 3.55. The lowest BCUT2D eigenvalue weighted by Crippen LogP contribution is -2.12. The zero-order valence-corrected chi connectivity index (χ0v) is 12.7. The monoisotopic (exact) mass is 351 g/mol. The fourth-order valence-electron chi connectivity index (χ4n) is 2.37. The van der Waals surface area contributed by atoms with Crippen molar-refractivity contribution in [2.75, 3.05) is 0 Å². The highest BCUT2D eigenvalue weighted by atomic mass is 79.9. The molecule has 21 heavy (non-hydrogen) atoms. The molecule has 3 aromatic rings. The fourth-order valence-corrected chi connectivity index (χ4v) is 2.71. The Balaban J connectivity index is 2.10. The first kappa shape index (κ1) is 14.2. The van der Waals surface area contributed by atoms with E-state index in [1.54, 1.807) is 0 Å². The van der Waals surface area contributed by atoms with Crippen molar-refractivity contribution < 1.29 is 13.2 Å². The number of benzene rings is 2. The third kappa shape index (κ3) is 2.47. The first-order valence-electron chi connectivity index (χ1n) is 6.36. The quantitative estimate of drug-likeness (QED) is 0.718. The summed E-state index contributed by atoms with van der Waals surface area (Å²) in [4.78, 5) is 0. The van der Waals surface area contributed by atoms with Crippen LogP contribution in [0.1, 0.15) is 22.9 Å². The summed E-state index contributed by atoms with van der Waals surface area (Å²) in [5.74, 6) is -1.26. The van der Waals surface area contributed by atoms with Crippen molar-refractivity contribution in [2.24, 2.45) is 5.73 Å². The van der Waals surface area contributed by atoms with Gasteiger partial charge in [-0.05, 0) is 42.8 Å². The zero-order valence-electron chi connectivity index (χ0n) is 11.2. The number of hydrogen-bond donors (Lipinski definition) is 1. The van der Waals surface area contributed by atoms with E-state index in [1.165, 1.54) is 6.07 Å². The van der Waals surface area contributed by atoms with Crippen molar-refractivity contribution in [3.8, 4) is 0 Å². The van der Waals surface area contributed by atoms with Crippen molar-refractivity contribution in [3.63, 3.8) is 0 Å². The van der Waals surface area contributed by atoms with Gasteiger partial charge >= 0.3 is 0 Å². The van der Waals surface area contributed by atoms with Gasteiger partial charge in [-0.3, -0.25) is 0 Å². The maximum Gasteiger partial charge on any atom is 0.159 e. The molecule has 5 heteroatoms. The normalized spacial score (nSPS) is 12.8. The van der Waals surface area contributed by atoms with E-state index < -0.39 is 17.7 Å². The van der Waals surface area contributed by atoms with Crippen LogP contribution in [0.3, 0.4) is 0 Å². The molecule has 0 radical (unpaired) electrons. The summed E-state index contributed by atoms with van der Waals surface area (Å²) in [5.41, 5.74) is 8.21. The standard InChI is InChI=1S/C16H12BrF2NO/c1-8-11-4-3-10(17)7-14(11)21-16(8)15(20)9-2-5-12(18)13(19)6-9/h2-7,15H,20H2,1H3. The molecule has 1 aromatic heterocycles. The predicted octanol–water partition coefficient (Wildman–Crippen LogP) is 4.83. The second-order valence-electron chi connectivity index (χ2n) is 4.88. The van der Waals surface area contributed by atoms with E-state index in [0.717, 1.165) is 27.6 Å². The highest BCUT2D eigenvalue weighted by Gasteiger charge is 2.20. The van der Waals surface area contributed by atoms with Gasteiger partial charge in [0.15, 0.2) is 11.6 Å². The maximum absolute atomic E-state index is 13.3. The molecule has 2 aromatic carbocycles. The smallest absolute Gasteiger partial charge is 0.159 e. The molecule has 0 saturated heterocycles. The zero-order chi connectivity index (χ0) is 15.1. The van der Waals surface area contributed by atoms with Crippen LogP contribution in [0.4, 0.5) is 8.78 Å². The lowest BCUT2D eigenvalue weighted by atomic mass is 10.0. The average molecular weight is 352 g/mol. The van der Waals surface area contributed by atoms with Crippen molar-refractivity contribution in [2.45, 2.75) is 13.0 Å². The number of fused-ring (bicyclic) bond motifs is 1. The minimum atomic E-state index is -0.917. The van der Waals surface area contributed by atoms with Crippen LogP contribution < -0.4 is 5.73 Å². The van der Waals surface area contributed by atoms with Gasteiger partial charge in [-0.2, -0.15) is 0 Å². The lowest BCUT2D eigenvalue weighted by Gasteiger charge is -2.10. The largest absolute Gasteiger partial charge is 0.459 e. The summed E-state index contributed by atoms with van der Waals surface area (Å²) in [6.45, 7) is 1.90. The van der Waals surface area contributed by atoms with E-state index in [2.05, 4.69) is 15.9 Å². The molecular weight excluding hydrogens is 340 g/mol. The number of hydrogen-bond acceptors (Lipinski definition) is 2. The van der Waals surface area contributed by atoms with Gasteiger partial charge < -0.3 is 10.2 Å². The van der Waals surface area contributed by atoms with Gasteiger partial charge in [-0.1, -0.05) is 22.0 Å². The number of aryl methyl sites for hydroxylation is 1. The number of rotatable bonds is 2. The number of halogens is 3. The van der Waals surface area contributed by atoms with Gasteiger partial charge in [0.1, 0.15) is 11.3 Å². The lowest BCUT2D eigenvalue weighted by molar-refractivity contribution is 0.498. The van der Waals surface area contributed by atoms with Crippen molar-refractivity contribution in [1.29, 1.82) is 0 Å². The maximum atomic E-state index is 13.3. The van der Waals surface area contributed by atoms with Crippen LogP contribution in [0, 0.1) is 18.6 Å². The second-order valence-corrected chi connectivity index (χ2v) is 5.80. The minimum absolute atomic E-state index is 0.468. The van der Waals surface area contributed by atoms with Crippen LogP contribution in [0.15, 0.2) is 45.3 Å². The molecule has 108 valence electrons. The Hall–Kier alpha value is -1.72. The van der Waals surface area contributed by atoms with Gasteiger partial charge in [0.25, 0.3) is 0 Å². The van der Waals surface area contributed by atoms with Gasteiger partial charge in [0, 0.05) is 15.4 Å². The van der Waals surface area contributed by atoms with Crippen molar-refractivity contribution in [1.82, 2.24) is 0 Å². The molecule has 0 aliphatic carbocycles. The van der Waals surface area contributed by atoms with Crippen LogP contribution in [0.5, 0.6) is 0 Å². The van der Waals surface area contributed by atoms with Gasteiger partial charge in [-0.25, -0.2) is 8.78 Å². The highest BCUT2D eigenvalue weighted by Crippen LogP contribution is 2.33. The summed E-state index contributed by atoms with van der Waals surface area (Å²) < 4.78 is 33.1. The molecule has 0 amide bonds. The van der Waals surface area contributed by atoms with Crippen molar-refractivity contribution >= 4 is 26.9 Å². The number of nitrogens with two attached hydrogens (primary N) is 1. The molecular formula is C16H12BrF2NO. The molecule has 0 aliphatic rings. The number of furan rings is 1. The van der Waals surface area contributed by atoms with Gasteiger partial charge in [0.2, 0.25) is 0 Å². The topological polar surface area (TPSA) is 39.2 Å². The molecule has 0 fully saturated rings. The minimum Gasteiger partial charge on any atom is -0.459 e. The Morgan fingerprint density at radius 1 is 1.10 bits per heavy atom. The summed E-state index contributed by atoms with van der Waals surface area (Å²) in [6, 6.07) is 8.68. The van der Waals surface area contributed by atoms with Crippen LogP contribution in [-0.2, 0) is 0 Å². The second kappa shape index (κ2) is 5.24. The molecule has 1 heterocycles. The van der Waals surface area contributed by atoms with Gasteiger partial charge in [-0.15, -0.1) is 0 Å². The third-order valence-electron chi connectivity index (χ3n) is 3.52. The average Bonchev–Trinajstić information content (AvgIpc) is 2.77. The first-order valence-corrected chi connectivity index (χ1v) is 7.15. The fraction of sp³-hybridized carbons (Fsp3) is 0.125. The SMILES string of the molecule is Cc1c(C(N)c2ccc(F)c(F)c2)oc2cc(Br)ccc12. The van der Waals surface area contributed by atoms with E-state index >= 15 is 0 Å². The summed E-state index contributed by atoms with van der Waals surface area (Å²) in [5, 5.41) is 0.950. The summed E-state index contributed by atoms with van der Waals surface area (Å²) in [7, 11) is 0. The summed E-state index contributed by atoms with van der Waals surface area (Å²) in [6.07, 6.45) is 0. The Morgan fingerprint density at radius 2 is 1.86 bits per heavy atom. The van der Waals surface area contributed by atoms with Crippen molar-refractivity contribution in [3.05, 3.63) is 69.4 Å². The van der Waals surface area contributed by atoms with E-state index in [0.29, 0.717) is 16.9 Å². The van der Waals surface area contributed by atoms with Crippen LogP contribution >= 0.6 is 15.9 Å². The highest BCUT2D eigenvalue weighted by molar-refractivity contribution is 9.10. The molecule has 0 bridgehead atoms. The predicted molar refractivity (Wildman–Crippen MR) is 81.0 cm³/mol. The Morgan fingerprint density at radius 3 is 2.57 bits per heavy atom. The summed E-state index contributed by atoms with van der Waals surface area (Å²) >= 11 is 3.38. The van der Waals surface area contributed by atoms with E-state index in [-0.39, 0.29) is 0 Å². The van der Waals surface area contributed by atoms with Gasteiger partial charge in [0.05, 0.1) is 6.04 Å². The molecule has 0 saturated carbocycles. The molecule has 0 spiro atoms. The third-order valence-corrected chi connectivity index (χ3v) is 4.02. The molecule has 0 aliphatic heterocycles. The van der Waals surface area contributed by atoms with Crippen LogP contribution in [-0.4, -0.2) is 0 Å². The van der Waals surface area contributed by atoms with E-state index in [4.69, 9.17) is 10.2 Å². The first-order chi connectivity index (χ1) is 9.97. The molecule has 2 N–H and O–H groups in total. The Labute approximate surface area is 128 Å². The molecule has 1 atom stereocenters. The van der Waals surface area contributed by atoms with Crippen LogP contribution in [0.25, 0.3) is 11.0 Å². The van der Waals surface area contributed by atoms with Crippen LogP contribution in [0.2, 0.25) is 0 Å².